The van der Waals surface area contributed by atoms with Gasteiger partial charge >= 0.3 is 5.97 Å². The van der Waals surface area contributed by atoms with Crippen LogP contribution in [0.3, 0.4) is 0 Å². The number of benzene rings is 1. The van der Waals surface area contributed by atoms with Crippen molar-refractivity contribution >= 4 is 40.7 Å². The van der Waals surface area contributed by atoms with Crippen LogP contribution < -0.4 is 15.4 Å². The number of fused-ring (bicyclic) bond motifs is 3. The van der Waals surface area contributed by atoms with Crippen LogP contribution >= 0.6 is 0 Å². The first-order valence-electron chi connectivity index (χ1n) is 12.8. The first-order chi connectivity index (χ1) is 19.2. The van der Waals surface area contributed by atoms with Crippen LogP contribution in [-0.4, -0.2) is 67.2 Å². The highest BCUT2D eigenvalue weighted by atomic mass is 19.1. The zero-order chi connectivity index (χ0) is 28.4. The zero-order valence-corrected chi connectivity index (χ0v) is 22.4. The van der Waals surface area contributed by atoms with Gasteiger partial charge in [-0.05, 0) is 50.7 Å². The topological polar surface area (TPSA) is 143 Å². The number of hydrogen-bond acceptors (Lipinski definition) is 10. The monoisotopic (exact) mass is 548 g/mol. The molecule has 0 radical (unpaired) electrons. The summed E-state index contributed by atoms with van der Waals surface area (Å²) in [5.41, 5.74) is 6.69. The van der Waals surface area contributed by atoms with Gasteiger partial charge in [-0.1, -0.05) is 5.92 Å². The number of carbonyl (C=O) groups is 2. The highest BCUT2D eigenvalue weighted by Gasteiger charge is 2.31. The number of hydrogen-bond donors (Lipinski definition) is 1. The first kappa shape index (κ1) is 26.9. The van der Waals surface area contributed by atoms with Crippen molar-refractivity contribution in [3.05, 3.63) is 36.2 Å². The van der Waals surface area contributed by atoms with E-state index in [-0.39, 0.29) is 18.2 Å². The molecule has 1 saturated heterocycles. The van der Waals surface area contributed by atoms with E-state index in [4.69, 9.17) is 15.2 Å². The zero-order valence-electron chi connectivity index (χ0n) is 22.4. The van der Waals surface area contributed by atoms with Gasteiger partial charge in [0, 0.05) is 25.6 Å². The second-order valence-corrected chi connectivity index (χ2v) is 10.0. The number of carbonyl (C=O) groups excluding carboxylic acids is 2. The van der Waals surface area contributed by atoms with Gasteiger partial charge in [-0.3, -0.25) is 0 Å². The highest BCUT2D eigenvalue weighted by molar-refractivity contribution is 5.87. The molecule has 4 aromatic rings. The summed E-state index contributed by atoms with van der Waals surface area (Å²) in [7, 11) is 1.28. The number of aldehydes is 1. The predicted octanol–water partition coefficient (Wildman–Crippen LogP) is 2.38. The Balaban J connectivity index is 1.20. The van der Waals surface area contributed by atoms with E-state index in [2.05, 4.69) is 31.9 Å². The molecule has 0 atom stereocenters. The lowest BCUT2D eigenvalue weighted by atomic mass is 9.93. The number of methoxy groups -OCH3 is 1. The molecule has 0 amide bonds. The van der Waals surface area contributed by atoms with E-state index < -0.39 is 17.4 Å². The summed E-state index contributed by atoms with van der Waals surface area (Å²) in [6.45, 7) is 4.63. The predicted molar refractivity (Wildman–Crippen MR) is 144 cm³/mol. The molecule has 13 heteroatoms. The van der Waals surface area contributed by atoms with Crippen LogP contribution in [0.4, 0.5) is 16.0 Å². The molecule has 12 nitrogen and oxygen atoms in total. The molecule has 1 aromatic carbocycles. The van der Waals surface area contributed by atoms with Crippen LogP contribution in [0.25, 0.3) is 16.8 Å². The van der Waals surface area contributed by atoms with Crippen molar-refractivity contribution in [2.24, 2.45) is 5.92 Å². The number of halogens is 1. The Bertz CT molecular complexity index is 1640. The van der Waals surface area contributed by atoms with E-state index in [1.165, 1.54) is 24.0 Å². The average molecular weight is 549 g/mol. The fourth-order valence-corrected chi connectivity index (χ4v) is 4.74. The third-order valence-corrected chi connectivity index (χ3v) is 6.85. The number of ether oxygens (including phenoxy) is 2. The summed E-state index contributed by atoms with van der Waals surface area (Å²) < 4.78 is 28.3. The molecule has 0 aliphatic carbocycles. The maximum absolute atomic E-state index is 14.9. The van der Waals surface area contributed by atoms with Crippen molar-refractivity contribution in [2.45, 2.75) is 45.3 Å². The number of aromatic nitrogens is 6. The molecule has 3 aromatic heterocycles. The quantitative estimate of drug-likeness (QED) is 0.208. The van der Waals surface area contributed by atoms with E-state index in [0.29, 0.717) is 53.8 Å². The van der Waals surface area contributed by atoms with Gasteiger partial charge in [-0.2, -0.15) is 14.5 Å². The summed E-state index contributed by atoms with van der Waals surface area (Å²) in [6.07, 6.45) is 4.63. The molecule has 1 fully saturated rings. The van der Waals surface area contributed by atoms with E-state index >= 15 is 0 Å². The van der Waals surface area contributed by atoms with Crippen LogP contribution in [0.5, 0.6) is 5.75 Å². The van der Waals surface area contributed by atoms with Crippen molar-refractivity contribution in [2.75, 3.05) is 30.8 Å². The maximum Gasteiger partial charge on any atom is 0.349 e. The molecule has 208 valence electrons. The summed E-state index contributed by atoms with van der Waals surface area (Å²) in [5.74, 6) is 6.27. The Morgan fingerprint density at radius 1 is 1.25 bits per heavy atom. The van der Waals surface area contributed by atoms with Crippen LogP contribution in [0.2, 0.25) is 0 Å². The standard InChI is InChI=1S/C27H29FN8O4/c1-27(2,25(38)39-3)40-18-7-8-20(19(28)15-18)34-11-9-17(10-12-34)5-4-6-21-31-24-22-23(32-26(29)36(24)33-21)35(13-14-37)16-30-22/h7-8,14-17H,5,9-13H2,1-3H3,(H2,29,32). The van der Waals surface area contributed by atoms with Gasteiger partial charge in [0.1, 0.15) is 17.9 Å². The van der Waals surface area contributed by atoms with E-state index in [0.717, 1.165) is 19.1 Å². The van der Waals surface area contributed by atoms with Crippen molar-refractivity contribution in [1.29, 1.82) is 0 Å². The van der Waals surface area contributed by atoms with Gasteiger partial charge in [-0.25, -0.2) is 14.2 Å². The second kappa shape index (κ2) is 10.8. The second-order valence-electron chi connectivity index (χ2n) is 10.0. The Morgan fingerprint density at radius 2 is 2.02 bits per heavy atom. The molecular formula is C27H29FN8O4. The summed E-state index contributed by atoms with van der Waals surface area (Å²) >= 11 is 0. The number of anilines is 2. The molecule has 1 aliphatic rings. The largest absolute Gasteiger partial charge is 0.476 e. The maximum atomic E-state index is 14.9. The van der Waals surface area contributed by atoms with Gasteiger partial charge in [-0.15, -0.1) is 5.10 Å². The Labute approximate surface area is 229 Å². The van der Waals surface area contributed by atoms with Gasteiger partial charge in [0.15, 0.2) is 22.4 Å². The molecule has 40 heavy (non-hydrogen) atoms. The molecule has 0 unspecified atom stereocenters. The van der Waals surface area contributed by atoms with Gasteiger partial charge < -0.3 is 29.5 Å². The number of rotatable bonds is 7. The van der Waals surface area contributed by atoms with Gasteiger partial charge in [0.2, 0.25) is 11.8 Å². The van der Waals surface area contributed by atoms with Crippen molar-refractivity contribution in [1.82, 2.24) is 29.1 Å². The first-order valence-corrected chi connectivity index (χ1v) is 12.8. The lowest BCUT2D eigenvalue weighted by Crippen LogP contribution is -2.39. The minimum atomic E-state index is -1.23. The molecule has 5 rings (SSSR count). The van der Waals surface area contributed by atoms with E-state index in [1.807, 2.05) is 4.90 Å². The number of nitrogens with zero attached hydrogens (tertiary/aromatic N) is 7. The number of esters is 1. The molecule has 0 bridgehead atoms. The van der Waals surface area contributed by atoms with Crippen LogP contribution in [0.1, 0.15) is 38.9 Å². The van der Waals surface area contributed by atoms with E-state index in [9.17, 15) is 14.0 Å². The number of piperidine rings is 1. The molecule has 1 aliphatic heterocycles. The minimum absolute atomic E-state index is 0.112. The Morgan fingerprint density at radius 3 is 2.73 bits per heavy atom. The van der Waals surface area contributed by atoms with Crippen molar-refractivity contribution < 1.29 is 23.5 Å². The van der Waals surface area contributed by atoms with Gasteiger partial charge in [0.25, 0.3) is 0 Å². The lowest BCUT2D eigenvalue weighted by Gasteiger charge is -2.33. The molecule has 4 heterocycles. The number of imidazole rings is 1. The van der Waals surface area contributed by atoms with Crippen LogP contribution in [0, 0.1) is 23.6 Å². The molecule has 0 spiro atoms. The fourth-order valence-electron chi connectivity index (χ4n) is 4.74. The van der Waals surface area contributed by atoms with E-state index in [1.54, 1.807) is 30.5 Å². The SMILES string of the molecule is COC(=O)C(C)(C)Oc1ccc(N2CCC(CC#Cc3nc4c5ncn(CC=O)c5nc(N)n4n3)CC2)c(F)c1. The molecular weight excluding hydrogens is 519 g/mol. The highest BCUT2D eigenvalue weighted by Crippen LogP contribution is 2.30. The Hall–Kier alpha value is -4.73. The van der Waals surface area contributed by atoms with Crippen molar-refractivity contribution in [3.63, 3.8) is 0 Å². The fraction of sp³-hybridized carbons (Fsp3) is 0.407. The van der Waals surface area contributed by atoms with Crippen LogP contribution in [0.15, 0.2) is 24.5 Å². The summed E-state index contributed by atoms with van der Waals surface area (Å²) in [4.78, 5) is 37.8. The minimum Gasteiger partial charge on any atom is -0.476 e. The average Bonchev–Trinajstić information content (AvgIpc) is 3.53. The summed E-state index contributed by atoms with van der Waals surface area (Å²) in [6, 6.07) is 4.63. The normalized spacial score (nSPS) is 14.2. The molecule has 0 saturated carbocycles. The third-order valence-electron chi connectivity index (χ3n) is 6.85. The molecule has 2 N–H and O–H groups in total. The van der Waals surface area contributed by atoms with Crippen LogP contribution in [-0.2, 0) is 20.9 Å². The van der Waals surface area contributed by atoms with Crippen molar-refractivity contribution in [3.8, 4) is 17.6 Å². The van der Waals surface area contributed by atoms with Gasteiger partial charge in [0.05, 0.1) is 25.7 Å². The smallest absolute Gasteiger partial charge is 0.349 e. The lowest BCUT2D eigenvalue weighted by molar-refractivity contribution is -0.156. The number of nitrogens with two attached hydrogens (primary N) is 1. The number of nitrogen functional groups attached to an aromatic ring is 1. The summed E-state index contributed by atoms with van der Waals surface area (Å²) in [5, 5.41) is 4.35. The Kier molecular flexibility index (Phi) is 7.25. The third kappa shape index (κ3) is 5.25.